The number of hydrogen-bond acceptors (Lipinski definition) is 3. The van der Waals surface area contributed by atoms with Gasteiger partial charge in [-0.15, -0.1) is 0 Å². The lowest BCUT2D eigenvalue weighted by Crippen LogP contribution is -2.33. The Kier molecular flexibility index (Phi) is 2.21. The van der Waals surface area contributed by atoms with E-state index in [1.54, 1.807) is 6.20 Å². The first kappa shape index (κ1) is 9.15. The molecule has 2 heterocycles. The van der Waals surface area contributed by atoms with E-state index in [2.05, 4.69) is 10.3 Å². The van der Waals surface area contributed by atoms with Crippen LogP contribution in [-0.2, 0) is 10.2 Å². The largest absolute Gasteiger partial charge is 0.395 e. The fourth-order valence-corrected chi connectivity index (χ4v) is 1.75. The van der Waals surface area contributed by atoms with Crippen molar-refractivity contribution in [2.45, 2.75) is 11.8 Å². The maximum atomic E-state index is 11.1. The third-order valence-corrected chi connectivity index (χ3v) is 2.63. The van der Waals surface area contributed by atoms with E-state index in [1.807, 2.05) is 18.2 Å². The molecule has 1 atom stereocenters. The van der Waals surface area contributed by atoms with E-state index in [4.69, 9.17) is 0 Å². The summed E-state index contributed by atoms with van der Waals surface area (Å²) in [5, 5.41) is 12.1. The SMILES string of the molecule is O=C1C[C@@](CO)(c2ccccn2)CN1. The Morgan fingerprint density at radius 3 is 2.93 bits per heavy atom. The van der Waals surface area contributed by atoms with E-state index in [9.17, 15) is 9.90 Å². The summed E-state index contributed by atoms with van der Waals surface area (Å²) in [5.74, 6) is -0.0234. The molecule has 74 valence electrons. The summed E-state index contributed by atoms with van der Waals surface area (Å²) >= 11 is 0. The predicted molar refractivity (Wildman–Crippen MR) is 50.6 cm³/mol. The van der Waals surface area contributed by atoms with Crippen LogP contribution in [0.5, 0.6) is 0 Å². The topological polar surface area (TPSA) is 62.2 Å². The summed E-state index contributed by atoms with van der Waals surface area (Å²) in [5.41, 5.74) is 0.263. The molecule has 1 aliphatic rings. The van der Waals surface area contributed by atoms with Crippen molar-refractivity contribution >= 4 is 5.91 Å². The number of carbonyl (C=O) groups is 1. The van der Waals surface area contributed by atoms with Crippen LogP contribution in [0, 0.1) is 0 Å². The van der Waals surface area contributed by atoms with Crippen LogP contribution in [0.15, 0.2) is 24.4 Å². The van der Waals surface area contributed by atoms with Gasteiger partial charge >= 0.3 is 0 Å². The number of nitrogens with zero attached hydrogens (tertiary/aromatic N) is 1. The lowest BCUT2D eigenvalue weighted by molar-refractivity contribution is -0.119. The van der Waals surface area contributed by atoms with E-state index in [-0.39, 0.29) is 12.5 Å². The second kappa shape index (κ2) is 3.38. The normalized spacial score (nSPS) is 26.2. The second-order valence-electron chi connectivity index (χ2n) is 3.61. The standard InChI is InChI=1S/C10H12N2O2/c13-7-10(5-9(14)12-6-10)8-3-1-2-4-11-8/h1-4,13H,5-7H2,(H,12,14)/t10-/m1/s1. The van der Waals surface area contributed by atoms with Crippen molar-refractivity contribution in [3.05, 3.63) is 30.1 Å². The molecule has 14 heavy (non-hydrogen) atoms. The number of aromatic nitrogens is 1. The number of carbonyl (C=O) groups excluding carboxylic acids is 1. The van der Waals surface area contributed by atoms with Crippen LogP contribution >= 0.6 is 0 Å². The number of aliphatic hydroxyl groups is 1. The van der Waals surface area contributed by atoms with Gasteiger partial charge in [0.15, 0.2) is 0 Å². The van der Waals surface area contributed by atoms with Gasteiger partial charge in [-0.25, -0.2) is 0 Å². The van der Waals surface area contributed by atoms with Crippen molar-refractivity contribution in [1.29, 1.82) is 0 Å². The van der Waals surface area contributed by atoms with Crippen molar-refractivity contribution in [3.8, 4) is 0 Å². The molecule has 0 aromatic carbocycles. The molecule has 0 bridgehead atoms. The van der Waals surface area contributed by atoms with E-state index in [1.165, 1.54) is 0 Å². The van der Waals surface area contributed by atoms with Gasteiger partial charge in [0.2, 0.25) is 5.91 Å². The Labute approximate surface area is 82.0 Å². The van der Waals surface area contributed by atoms with Crippen LogP contribution in [-0.4, -0.2) is 29.1 Å². The molecule has 1 saturated heterocycles. The van der Waals surface area contributed by atoms with Gasteiger partial charge in [0, 0.05) is 19.2 Å². The molecule has 2 N–H and O–H groups in total. The molecule has 1 aromatic rings. The van der Waals surface area contributed by atoms with E-state index < -0.39 is 5.41 Å². The van der Waals surface area contributed by atoms with Crippen LogP contribution in [0.25, 0.3) is 0 Å². The first-order valence-electron chi connectivity index (χ1n) is 4.56. The van der Waals surface area contributed by atoms with Gasteiger partial charge in [-0.05, 0) is 12.1 Å². The second-order valence-corrected chi connectivity index (χ2v) is 3.61. The highest BCUT2D eigenvalue weighted by atomic mass is 16.3. The highest BCUT2D eigenvalue weighted by Gasteiger charge is 2.40. The monoisotopic (exact) mass is 192 g/mol. The Bertz CT molecular complexity index is 339. The van der Waals surface area contributed by atoms with Gasteiger partial charge < -0.3 is 10.4 Å². The van der Waals surface area contributed by atoms with Crippen molar-refractivity contribution in [2.24, 2.45) is 0 Å². The Hall–Kier alpha value is -1.42. The molecule has 1 aliphatic heterocycles. The Balaban J connectivity index is 2.34. The average Bonchev–Trinajstić information content (AvgIpc) is 2.63. The van der Waals surface area contributed by atoms with Gasteiger partial charge in [0.05, 0.1) is 17.7 Å². The van der Waals surface area contributed by atoms with Gasteiger partial charge in [-0.3, -0.25) is 9.78 Å². The zero-order valence-electron chi connectivity index (χ0n) is 7.73. The van der Waals surface area contributed by atoms with E-state index >= 15 is 0 Å². The van der Waals surface area contributed by atoms with Gasteiger partial charge in [0.1, 0.15) is 0 Å². The summed E-state index contributed by atoms with van der Waals surface area (Å²) < 4.78 is 0. The maximum Gasteiger partial charge on any atom is 0.221 e. The summed E-state index contributed by atoms with van der Waals surface area (Å²) in [4.78, 5) is 15.3. The minimum absolute atomic E-state index is 0.0234. The lowest BCUT2D eigenvalue weighted by atomic mass is 9.84. The van der Waals surface area contributed by atoms with Crippen LogP contribution in [0.2, 0.25) is 0 Å². The van der Waals surface area contributed by atoms with Crippen LogP contribution < -0.4 is 5.32 Å². The minimum atomic E-state index is -0.516. The van der Waals surface area contributed by atoms with Crippen LogP contribution in [0.4, 0.5) is 0 Å². The van der Waals surface area contributed by atoms with Crippen molar-refractivity contribution in [3.63, 3.8) is 0 Å². The first-order chi connectivity index (χ1) is 6.77. The summed E-state index contributed by atoms with van der Waals surface area (Å²) in [6.07, 6.45) is 2.00. The quantitative estimate of drug-likeness (QED) is 0.684. The predicted octanol–water partition coefficient (Wildman–Crippen LogP) is -0.168. The summed E-state index contributed by atoms with van der Waals surface area (Å²) in [7, 11) is 0. The fraction of sp³-hybridized carbons (Fsp3) is 0.400. The fourth-order valence-electron chi connectivity index (χ4n) is 1.75. The molecule has 0 aliphatic carbocycles. The van der Waals surface area contributed by atoms with Crippen molar-refractivity contribution in [1.82, 2.24) is 10.3 Å². The molecule has 1 fully saturated rings. The highest BCUT2D eigenvalue weighted by molar-refractivity contribution is 5.80. The van der Waals surface area contributed by atoms with Gasteiger partial charge in [-0.2, -0.15) is 0 Å². The number of hydrogen-bond donors (Lipinski definition) is 2. The van der Waals surface area contributed by atoms with Crippen LogP contribution in [0.1, 0.15) is 12.1 Å². The molecule has 0 radical (unpaired) electrons. The zero-order valence-corrected chi connectivity index (χ0v) is 7.73. The molecule has 0 saturated carbocycles. The molecular weight excluding hydrogens is 180 g/mol. The Morgan fingerprint density at radius 2 is 2.43 bits per heavy atom. The molecule has 4 heteroatoms. The van der Waals surface area contributed by atoms with Crippen LogP contribution in [0.3, 0.4) is 0 Å². The van der Waals surface area contributed by atoms with E-state index in [0.717, 1.165) is 5.69 Å². The first-order valence-corrected chi connectivity index (χ1v) is 4.56. The molecule has 0 spiro atoms. The minimum Gasteiger partial charge on any atom is -0.395 e. The number of aliphatic hydroxyl groups excluding tert-OH is 1. The third-order valence-electron chi connectivity index (χ3n) is 2.63. The molecular formula is C10H12N2O2. The number of pyridine rings is 1. The smallest absolute Gasteiger partial charge is 0.221 e. The van der Waals surface area contributed by atoms with Gasteiger partial charge in [0.25, 0.3) is 0 Å². The van der Waals surface area contributed by atoms with Gasteiger partial charge in [-0.1, -0.05) is 6.07 Å². The Morgan fingerprint density at radius 1 is 1.57 bits per heavy atom. The lowest BCUT2D eigenvalue weighted by Gasteiger charge is -2.23. The maximum absolute atomic E-state index is 11.1. The summed E-state index contributed by atoms with van der Waals surface area (Å²) in [6, 6.07) is 5.53. The average molecular weight is 192 g/mol. The number of rotatable bonds is 2. The molecule has 2 rings (SSSR count). The van der Waals surface area contributed by atoms with Crippen molar-refractivity contribution < 1.29 is 9.90 Å². The zero-order chi connectivity index (χ0) is 10.0. The third kappa shape index (κ3) is 1.37. The highest BCUT2D eigenvalue weighted by Crippen LogP contribution is 2.28. The van der Waals surface area contributed by atoms with E-state index in [0.29, 0.717) is 13.0 Å². The number of amides is 1. The molecule has 1 amide bonds. The molecule has 4 nitrogen and oxygen atoms in total. The summed E-state index contributed by atoms with van der Waals surface area (Å²) in [6.45, 7) is 0.419. The molecule has 1 aromatic heterocycles. The molecule has 0 unspecified atom stereocenters. The number of nitrogens with one attached hydrogen (secondary N) is 1. The van der Waals surface area contributed by atoms with Crippen molar-refractivity contribution in [2.75, 3.05) is 13.2 Å².